The summed E-state index contributed by atoms with van der Waals surface area (Å²) in [6.07, 6.45) is 0. The third-order valence-electron chi connectivity index (χ3n) is 3.47. The maximum absolute atomic E-state index is 11.5. The lowest BCUT2D eigenvalue weighted by molar-refractivity contribution is 0.303. The van der Waals surface area contributed by atoms with Crippen LogP contribution >= 0.6 is 0 Å². The maximum Gasteiger partial charge on any atom is 0.238 e. The zero-order valence-electron chi connectivity index (χ0n) is 12.4. The lowest BCUT2D eigenvalue weighted by Crippen LogP contribution is -2.14. The van der Waals surface area contributed by atoms with E-state index in [4.69, 9.17) is 9.88 Å². The van der Waals surface area contributed by atoms with E-state index in [2.05, 4.69) is 6.07 Å². The molecular weight excluding hydrogens is 286 g/mol. The number of benzene rings is 2. The van der Waals surface area contributed by atoms with Crippen LogP contribution in [0.1, 0.15) is 22.3 Å². The Morgan fingerprint density at radius 3 is 2.38 bits per heavy atom. The monoisotopic (exact) mass is 305 g/mol. The van der Waals surface area contributed by atoms with Gasteiger partial charge in [-0.25, -0.2) is 13.6 Å². The molecule has 4 nitrogen and oxygen atoms in total. The third kappa shape index (κ3) is 3.62. The number of sulfonamides is 1. The standard InChI is InChI=1S/C16H19NO3S/c1-11-5-4-6-14(9-11)10-20-15-7-8-16(21(17,18)19)13(3)12(15)2/h4-9H,10H2,1-3H3,(H2,17,18,19). The highest BCUT2D eigenvalue weighted by Crippen LogP contribution is 2.27. The largest absolute Gasteiger partial charge is 0.489 e. The number of hydrogen-bond donors (Lipinski definition) is 1. The molecule has 5 heteroatoms. The highest BCUT2D eigenvalue weighted by molar-refractivity contribution is 7.89. The van der Waals surface area contributed by atoms with Gasteiger partial charge in [-0.2, -0.15) is 0 Å². The summed E-state index contributed by atoms with van der Waals surface area (Å²) in [5, 5.41) is 5.19. The molecule has 0 aliphatic carbocycles. The highest BCUT2D eigenvalue weighted by atomic mass is 32.2. The summed E-state index contributed by atoms with van der Waals surface area (Å²) in [5.74, 6) is 0.668. The Balaban J connectivity index is 2.24. The second-order valence-electron chi connectivity index (χ2n) is 5.13. The number of hydrogen-bond acceptors (Lipinski definition) is 3. The van der Waals surface area contributed by atoms with E-state index in [0.29, 0.717) is 17.9 Å². The molecule has 0 bridgehead atoms. The Hall–Kier alpha value is -1.85. The predicted octanol–water partition coefficient (Wildman–Crippen LogP) is 2.84. The quantitative estimate of drug-likeness (QED) is 0.944. The van der Waals surface area contributed by atoms with Crippen LogP contribution in [0.25, 0.3) is 0 Å². The minimum Gasteiger partial charge on any atom is -0.489 e. The molecular formula is C16H19NO3S. The summed E-state index contributed by atoms with van der Waals surface area (Å²) in [4.78, 5) is 0.142. The van der Waals surface area contributed by atoms with E-state index in [1.54, 1.807) is 13.0 Å². The van der Waals surface area contributed by atoms with E-state index in [-0.39, 0.29) is 4.90 Å². The molecule has 0 fully saturated rings. The van der Waals surface area contributed by atoms with Gasteiger partial charge < -0.3 is 4.74 Å². The van der Waals surface area contributed by atoms with E-state index >= 15 is 0 Å². The van der Waals surface area contributed by atoms with E-state index in [9.17, 15) is 8.42 Å². The summed E-state index contributed by atoms with van der Waals surface area (Å²) < 4.78 is 28.7. The Bertz CT molecular complexity index is 767. The van der Waals surface area contributed by atoms with Crippen molar-refractivity contribution in [3.8, 4) is 5.75 Å². The highest BCUT2D eigenvalue weighted by Gasteiger charge is 2.15. The molecule has 2 rings (SSSR count). The molecule has 0 saturated carbocycles. The molecule has 0 radical (unpaired) electrons. The van der Waals surface area contributed by atoms with E-state index in [0.717, 1.165) is 11.1 Å². The zero-order valence-corrected chi connectivity index (χ0v) is 13.2. The van der Waals surface area contributed by atoms with Crippen LogP contribution in [0.4, 0.5) is 0 Å². The first-order valence-corrected chi connectivity index (χ1v) is 8.15. The SMILES string of the molecule is Cc1cccc(COc2ccc(S(N)(=O)=O)c(C)c2C)c1. The fraction of sp³-hybridized carbons (Fsp3) is 0.250. The molecule has 2 N–H and O–H groups in total. The normalized spacial score (nSPS) is 11.4. The van der Waals surface area contributed by atoms with E-state index < -0.39 is 10.0 Å². The average Bonchev–Trinajstić information content (AvgIpc) is 2.39. The number of nitrogens with two attached hydrogens (primary N) is 1. The first-order chi connectivity index (χ1) is 9.79. The van der Waals surface area contributed by atoms with Gasteiger partial charge in [0, 0.05) is 0 Å². The van der Waals surface area contributed by atoms with Crippen LogP contribution in [-0.2, 0) is 16.6 Å². The molecule has 0 unspecified atom stereocenters. The summed E-state index contributed by atoms with van der Waals surface area (Å²) >= 11 is 0. The fourth-order valence-corrected chi connectivity index (χ4v) is 3.04. The first kappa shape index (κ1) is 15.5. The van der Waals surface area contributed by atoms with Crippen LogP contribution in [0, 0.1) is 20.8 Å². The Morgan fingerprint density at radius 2 is 1.76 bits per heavy atom. The van der Waals surface area contributed by atoms with Gasteiger partial charge in [0.05, 0.1) is 4.90 Å². The molecule has 0 aliphatic heterocycles. The van der Waals surface area contributed by atoms with Gasteiger partial charge in [0.1, 0.15) is 12.4 Å². The molecule has 0 amide bonds. The molecule has 0 spiro atoms. The van der Waals surface area contributed by atoms with Gasteiger partial charge in [-0.15, -0.1) is 0 Å². The van der Waals surface area contributed by atoms with Crippen LogP contribution in [0.5, 0.6) is 5.75 Å². The lowest BCUT2D eigenvalue weighted by Gasteiger charge is -2.13. The van der Waals surface area contributed by atoms with Crippen molar-refractivity contribution in [1.82, 2.24) is 0 Å². The molecule has 0 saturated heterocycles. The van der Waals surface area contributed by atoms with Gasteiger partial charge >= 0.3 is 0 Å². The van der Waals surface area contributed by atoms with Gasteiger partial charge in [-0.05, 0) is 49.6 Å². The minimum atomic E-state index is -3.70. The van der Waals surface area contributed by atoms with Crippen LogP contribution in [0.3, 0.4) is 0 Å². The van der Waals surface area contributed by atoms with E-state index in [1.807, 2.05) is 32.0 Å². The number of ether oxygens (including phenoxy) is 1. The molecule has 0 atom stereocenters. The first-order valence-electron chi connectivity index (χ1n) is 6.60. The van der Waals surface area contributed by atoms with Crippen LogP contribution in [0.2, 0.25) is 0 Å². The van der Waals surface area contributed by atoms with Crippen LogP contribution in [0.15, 0.2) is 41.3 Å². The smallest absolute Gasteiger partial charge is 0.238 e. The van der Waals surface area contributed by atoms with Crippen molar-refractivity contribution < 1.29 is 13.2 Å². The molecule has 0 aromatic heterocycles. The molecule has 21 heavy (non-hydrogen) atoms. The van der Waals surface area contributed by atoms with Crippen molar-refractivity contribution >= 4 is 10.0 Å². The van der Waals surface area contributed by atoms with Crippen molar-refractivity contribution in [2.75, 3.05) is 0 Å². The van der Waals surface area contributed by atoms with Crippen molar-refractivity contribution in [1.29, 1.82) is 0 Å². The Morgan fingerprint density at radius 1 is 1.05 bits per heavy atom. The van der Waals surface area contributed by atoms with Crippen LogP contribution in [-0.4, -0.2) is 8.42 Å². The molecule has 0 heterocycles. The number of rotatable bonds is 4. The Kier molecular flexibility index (Phi) is 4.34. The zero-order chi connectivity index (χ0) is 15.6. The van der Waals surface area contributed by atoms with Gasteiger partial charge in [-0.3, -0.25) is 0 Å². The van der Waals surface area contributed by atoms with Gasteiger partial charge in [0.15, 0.2) is 0 Å². The second kappa shape index (κ2) is 5.87. The average molecular weight is 305 g/mol. The van der Waals surface area contributed by atoms with Crippen molar-refractivity contribution in [3.05, 3.63) is 58.7 Å². The van der Waals surface area contributed by atoms with Gasteiger partial charge in [-0.1, -0.05) is 29.8 Å². The minimum absolute atomic E-state index is 0.142. The summed E-state index contributed by atoms with van der Waals surface area (Å²) in [6, 6.07) is 11.2. The van der Waals surface area contributed by atoms with Crippen LogP contribution < -0.4 is 9.88 Å². The van der Waals surface area contributed by atoms with Crippen molar-refractivity contribution in [2.24, 2.45) is 5.14 Å². The maximum atomic E-state index is 11.5. The Labute approximate surface area is 125 Å². The number of aryl methyl sites for hydroxylation is 1. The predicted molar refractivity (Wildman–Crippen MR) is 82.8 cm³/mol. The second-order valence-corrected chi connectivity index (χ2v) is 6.66. The van der Waals surface area contributed by atoms with E-state index in [1.165, 1.54) is 11.6 Å². The summed E-state index contributed by atoms with van der Waals surface area (Å²) in [7, 11) is -3.70. The molecule has 0 aliphatic rings. The lowest BCUT2D eigenvalue weighted by atomic mass is 10.1. The van der Waals surface area contributed by atoms with Gasteiger partial charge in [0.25, 0.3) is 0 Å². The summed E-state index contributed by atoms with van der Waals surface area (Å²) in [5.41, 5.74) is 3.66. The fourth-order valence-electron chi connectivity index (χ4n) is 2.20. The van der Waals surface area contributed by atoms with Gasteiger partial charge in [0.2, 0.25) is 10.0 Å². The summed E-state index contributed by atoms with van der Waals surface area (Å²) in [6.45, 7) is 6.03. The third-order valence-corrected chi connectivity index (χ3v) is 4.53. The van der Waals surface area contributed by atoms with Crippen molar-refractivity contribution in [2.45, 2.75) is 32.3 Å². The number of primary sulfonamides is 1. The molecule has 112 valence electrons. The molecule has 2 aromatic carbocycles. The molecule has 2 aromatic rings. The van der Waals surface area contributed by atoms with Crippen molar-refractivity contribution in [3.63, 3.8) is 0 Å². The topological polar surface area (TPSA) is 69.4 Å².